The molecule has 2 aromatic heterocycles. The molecule has 4 saturated heterocycles. The number of halogens is 6. The van der Waals surface area contributed by atoms with Gasteiger partial charge in [0.1, 0.15) is 41.2 Å². The Bertz CT molecular complexity index is 2470. The number of aromatic hydroxyl groups is 1. The average Bonchev–Trinajstić information content (AvgIpc) is 3.88. The summed E-state index contributed by atoms with van der Waals surface area (Å²) in [5.41, 5.74) is -0.727. The Morgan fingerprint density at radius 2 is 1.86 bits per heavy atom. The number of nitrogens with zero attached hydrogens (tertiary/aromatic N) is 7. The van der Waals surface area contributed by atoms with Crippen LogP contribution in [0.5, 0.6) is 11.8 Å². The Morgan fingerprint density at radius 1 is 1.09 bits per heavy atom. The molecule has 1 amide bonds. The lowest BCUT2D eigenvalue weighted by atomic mass is 9.91. The molecule has 9 rings (SSSR count). The molecule has 0 aliphatic carbocycles. The van der Waals surface area contributed by atoms with Crippen molar-refractivity contribution in [2.75, 3.05) is 37.7 Å². The zero-order valence-electron chi connectivity index (χ0n) is 30.3. The lowest BCUT2D eigenvalue weighted by Crippen LogP contribution is -2.56. The summed E-state index contributed by atoms with van der Waals surface area (Å²) in [7, 11) is 1.65. The van der Waals surface area contributed by atoms with Crippen LogP contribution in [0.4, 0.5) is 32.2 Å². The number of terminal acetylenes is 1. The Kier molecular flexibility index (Phi) is 8.53. The van der Waals surface area contributed by atoms with Gasteiger partial charge >= 0.3 is 12.2 Å². The number of anilines is 1. The van der Waals surface area contributed by atoms with Crippen LogP contribution in [0.25, 0.3) is 43.7 Å². The quantitative estimate of drug-likeness (QED) is 0.143. The first-order valence-corrected chi connectivity index (χ1v) is 18.7. The van der Waals surface area contributed by atoms with E-state index < -0.39 is 60.4 Å². The minimum absolute atomic E-state index is 0.0523. The van der Waals surface area contributed by atoms with E-state index in [2.05, 4.69) is 20.9 Å². The van der Waals surface area contributed by atoms with Crippen LogP contribution in [0.1, 0.15) is 50.5 Å². The number of amides is 1. The van der Waals surface area contributed by atoms with Gasteiger partial charge in [-0.1, -0.05) is 12.0 Å². The van der Waals surface area contributed by atoms with E-state index in [9.17, 15) is 27.5 Å². The van der Waals surface area contributed by atoms with Gasteiger partial charge in [0.05, 0.1) is 22.9 Å². The molecule has 10 nitrogen and oxygen atoms in total. The summed E-state index contributed by atoms with van der Waals surface area (Å²) in [5.74, 6) is 0.282. The number of hydrogen-bond donors (Lipinski definition) is 1. The maximum Gasteiger partial charge on any atom is 0.389 e. The molecule has 2 bridgehead atoms. The van der Waals surface area contributed by atoms with Crippen LogP contribution in [-0.2, 0) is 11.8 Å². The zero-order chi connectivity index (χ0) is 39.3. The standard InChI is InChI=1S/C40H37F6N7O3/c1-3-26-29(42)8-5-21-13-25(54)14-27(31(21)26)32-34(43)36-33(28-19-50(2)49-35(28)32)37(48-38(47-36)56-20-39-10-4-12-52(39)16-22(41)15-39)51-17-23-6-7-24(18-51)53(23)30(55)9-11-40(44,45)46/h1,5,8,13-14,19,22-24,54H,4,6-7,9-12,15-18,20H2,2H3/t22-,23-,24+,39+/m1/s1. The Morgan fingerprint density at radius 3 is 2.59 bits per heavy atom. The second kappa shape index (κ2) is 13.1. The highest BCUT2D eigenvalue weighted by molar-refractivity contribution is 6.18. The number of rotatable bonds is 7. The second-order valence-electron chi connectivity index (χ2n) is 15.5. The molecule has 4 fully saturated rings. The van der Waals surface area contributed by atoms with E-state index in [0.29, 0.717) is 30.0 Å². The molecule has 0 saturated carbocycles. The predicted molar refractivity (Wildman–Crippen MR) is 196 cm³/mol. The minimum Gasteiger partial charge on any atom is -0.508 e. The summed E-state index contributed by atoms with van der Waals surface area (Å²) in [6, 6.07) is 4.31. The molecule has 3 aromatic carbocycles. The van der Waals surface area contributed by atoms with Crippen molar-refractivity contribution >= 4 is 44.3 Å². The fourth-order valence-electron chi connectivity index (χ4n) is 9.72. The Balaban J connectivity index is 1.22. The third-order valence-electron chi connectivity index (χ3n) is 12.0. The number of phenolic OH excluding ortho intramolecular Hbond substituents is 1. The largest absolute Gasteiger partial charge is 0.508 e. The number of ether oxygens (including phenoxy) is 1. The molecule has 1 N–H and O–H groups in total. The van der Waals surface area contributed by atoms with Crippen LogP contribution in [0.3, 0.4) is 0 Å². The Hall–Kier alpha value is -5.30. The highest BCUT2D eigenvalue weighted by atomic mass is 19.4. The normalized spacial score (nSPS) is 23.8. The van der Waals surface area contributed by atoms with Crippen molar-refractivity contribution in [3.8, 4) is 35.2 Å². The topological polar surface area (TPSA) is 99.9 Å². The number of piperazine rings is 1. The number of hydrogen-bond acceptors (Lipinski definition) is 8. The average molecular weight is 778 g/mol. The molecule has 0 radical (unpaired) electrons. The fourth-order valence-corrected chi connectivity index (χ4v) is 9.72. The number of alkyl halides is 4. The van der Waals surface area contributed by atoms with Crippen LogP contribution in [0.2, 0.25) is 0 Å². The highest BCUT2D eigenvalue weighted by Gasteiger charge is 2.50. The molecular formula is C40H37F6N7O3. The number of benzene rings is 3. The molecule has 5 aromatic rings. The van der Waals surface area contributed by atoms with Gasteiger partial charge in [0, 0.05) is 74.1 Å². The van der Waals surface area contributed by atoms with Gasteiger partial charge in [-0.05, 0) is 61.4 Å². The number of carbonyl (C=O) groups excluding carboxylic acids is 1. The molecule has 4 atom stereocenters. The van der Waals surface area contributed by atoms with E-state index in [0.717, 1.165) is 13.0 Å². The summed E-state index contributed by atoms with van der Waals surface area (Å²) < 4.78 is 94.6. The van der Waals surface area contributed by atoms with Crippen molar-refractivity contribution in [3.05, 3.63) is 47.7 Å². The van der Waals surface area contributed by atoms with Crippen molar-refractivity contribution < 1.29 is 41.0 Å². The van der Waals surface area contributed by atoms with Gasteiger partial charge in [-0.3, -0.25) is 14.4 Å². The number of carbonyl (C=O) groups is 1. The number of aromatic nitrogens is 4. The summed E-state index contributed by atoms with van der Waals surface area (Å²) in [6.07, 6.45) is 3.06. The molecule has 4 aliphatic rings. The maximum atomic E-state index is 17.7. The fraction of sp³-hybridized carbons (Fsp3) is 0.450. The smallest absolute Gasteiger partial charge is 0.389 e. The molecule has 56 heavy (non-hydrogen) atoms. The molecule has 4 aliphatic heterocycles. The summed E-state index contributed by atoms with van der Waals surface area (Å²) in [5, 5.41) is 16.7. The SMILES string of the molecule is C#Cc1c(F)ccc2cc(O)cc(-c3c(F)c4nc(OC[C@@]56CCCN5C[C@H](F)C6)nc(N5C[C@H]6CC[C@@H](C5)N6C(=O)CCC(F)(F)F)c4c4cn(C)nc34)c12. The molecule has 0 spiro atoms. The van der Waals surface area contributed by atoms with E-state index in [1.165, 1.54) is 28.9 Å². The molecule has 292 valence electrons. The molecule has 0 unspecified atom stereocenters. The van der Waals surface area contributed by atoms with Gasteiger partial charge in [0.25, 0.3) is 0 Å². The number of phenols is 1. The van der Waals surface area contributed by atoms with Crippen LogP contribution < -0.4 is 9.64 Å². The summed E-state index contributed by atoms with van der Waals surface area (Å²) >= 11 is 0. The lowest BCUT2D eigenvalue weighted by molar-refractivity contribution is -0.151. The van der Waals surface area contributed by atoms with Gasteiger partial charge < -0.3 is 19.6 Å². The van der Waals surface area contributed by atoms with E-state index in [1.54, 1.807) is 18.1 Å². The van der Waals surface area contributed by atoms with E-state index in [-0.39, 0.29) is 88.7 Å². The Labute approximate surface area is 317 Å². The first kappa shape index (κ1) is 36.3. The van der Waals surface area contributed by atoms with Gasteiger partial charge in [-0.15, -0.1) is 6.42 Å². The highest BCUT2D eigenvalue weighted by Crippen LogP contribution is 2.46. The van der Waals surface area contributed by atoms with E-state index >= 15 is 8.78 Å². The van der Waals surface area contributed by atoms with Crippen LogP contribution in [-0.4, -0.2) is 103 Å². The number of aryl methyl sites for hydroxylation is 1. The summed E-state index contributed by atoms with van der Waals surface area (Å²) in [4.78, 5) is 28.2. The third-order valence-corrected chi connectivity index (χ3v) is 12.0. The van der Waals surface area contributed by atoms with Crippen molar-refractivity contribution in [1.82, 2.24) is 29.5 Å². The molecular weight excluding hydrogens is 740 g/mol. The number of fused-ring (bicyclic) bond motifs is 7. The monoisotopic (exact) mass is 777 g/mol. The molecule has 16 heteroatoms. The second-order valence-corrected chi connectivity index (χ2v) is 15.5. The third kappa shape index (κ3) is 5.93. The van der Waals surface area contributed by atoms with E-state index in [1.807, 2.05) is 4.90 Å². The first-order valence-electron chi connectivity index (χ1n) is 18.7. The van der Waals surface area contributed by atoms with Crippen LogP contribution in [0, 0.1) is 24.0 Å². The van der Waals surface area contributed by atoms with Gasteiger partial charge in [-0.2, -0.15) is 28.2 Å². The van der Waals surface area contributed by atoms with Gasteiger partial charge in [0.2, 0.25) is 5.91 Å². The van der Waals surface area contributed by atoms with Crippen LogP contribution in [0.15, 0.2) is 30.5 Å². The van der Waals surface area contributed by atoms with Gasteiger partial charge in [0.15, 0.2) is 5.82 Å². The zero-order valence-corrected chi connectivity index (χ0v) is 30.3. The maximum absolute atomic E-state index is 17.7. The molecule has 6 heterocycles. The van der Waals surface area contributed by atoms with Crippen molar-refractivity contribution in [2.24, 2.45) is 7.05 Å². The predicted octanol–water partition coefficient (Wildman–Crippen LogP) is 6.78. The van der Waals surface area contributed by atoms with Gasteiger partial charge in [-0.25, -0.2) is 13.2 Å². The van der Waals surface area contributed by atoms with Crippen molar-refractivity contribution in [2.45, 2.75) is 74.9 Å². The van der Waals surface area contributed by atoms with Crippen molar-refractivity contribution in [3.63, 3.8) is 0 Å². The van der Waals surface area contributed by atoms with Crippen LogP contribution >= 0.6 is 0 Å². The van der Waals surface area contributed by atoms with E-state index in [4.69, 9.17) is 16.1 Å². The van der Waals surface area contributed by atoms with Crippen molar-refractivity contribution in [1.29, 1.82) is 0 Å². The lowest BCUT2D eigenvalue weighted by Gasteiger charge is -2.42. The minimum atomic E-state index is -4.47. The summed E-state index contributed by atoms with van der Waals surface area (Å²) in [6.45, 7) is 1.47. The first-order chi connectivity index (χ1) is 26.7.